The van der Waals surface area contributed by atoms with Crippen LogP contribution >= 0.6 is 0 Å². The van der Waals surface area contributed by atoms with E-state index in [-0.39, 0.29) is 17.2 Å². The molecule has 1 saturated heterocycles. The largest absolute Gasteiger partial charge is 0.368 e. The maximum absolute atomic E-state index is 12.3. The highest BCUT2D eigenvalue weighted by atomic mass is 16.6. The minimum absolute atomic E-state index is 0.102. The molecular weight excluding hydrogens is 350 g/mol. The number of nitrogens with one attached hydrogen (secondary N) is 2. The smallest absolute Gasteiger partial charge is 0.273 e. The predicted molar refractivity (Wildman–Crippen MR) is 99.8 cm³/mol. The van der Waals surface area contributed by atoms with Crippen molar-refractivity contribution in [2.75, 3.05) is 17.2 Å². The van der Waals surface area contributed by atoms with Crippen LogP contribution < -0.4 is 10.6 Å². The summed E-state index contributed by atoms with van der Waals surface area (Å²) in [5, 5.41) is 16.5. The van der Waals surface area contributed by atoms with Gasteiger partial charge in [0.25, 0.3) is 17.5 Å². The van der Waals surface area contributed by atoms with Crippen LogP contribution in [0.3, 0.4) is 0 Å². The number of nitro benzene ring substituents is 1. The molecule has 1 atom stereocenters. The van der Waals surface area contributed by atoms with E-state index in [1.807, 2.05) is 0 Å². The van der Waals surface area contributed by atoms with E-state index >= 15 is 0 Å². The molecule has 2 aromatic carbocycles. The van der Waals surface area contributed by atoms with Crippen molar-refractivity contribution in [3.63, 3.8) is 0 Å². The number of hydrogen-bond donors (Lipinski definition) is 2. The Morgan fingerprint density at radius 3 is 2.37 bits per heavy atom. The van der Waals surface area contributed by atoms with Crippen LogP contribution in [0.2, 0.25) is 0 Å². The van der Waals surface area contributed by atoms with E-state index in [9.17, 15) is 19.7 Å². The van der Waals surface area contributed by atoms with Crippen LogP contribution in [0, 0.1) is 17.0 Å². The molecule has 140 valence electrons. The van der Waals surface area contributed by atoms with Crippen molar-refractivity contribution in [2.24, 2.45) is 0 Å². The number of rotatable bonds is 5. The Morgan fingerprint density at radius 1 is 1.11 bits per heavy atom. The molecule has 2 N–H and O–H groups in total. The first kappa shape index (κ1) is 18.5. The standard InChI is InChI=1S/C19H19N3O5/c1-12-4-5-13(11-16(12)22(25)26)18(23)20-14-6-8-15(9-7-14)21-19(24)17-3-2-10-27-17/h4-9,11,17H,2-3,10H2,1H3,(H,20,23)(H,21,24)/t17-/m1/s1. The predicted octanol–water partition coefficient (Wildman–Crippen LogP) is 3.27. The van der Waals surface area contributed by atoms with Crippen molar-refractivity contribution in [2.45, 2.75) is 25.9 Å². The number of amides is 2. The zero-order valence-electron chi connectivity index (χ0n) is 14.7. The number of aryl methyl sites for hydroxylation is 1. The summed E-state index contributed by atoms with van der Waals surface area (Å²) >= 11 is 0. The topological polar surface area (TPSA) is 111 Å². The van der Waals surface area contributed by atoms with Gasteiger partial charge < -0.3 is 15.4 Å². The quantitative estimate of drug-likeness (QED) is 0.621. The molecule has 8 heteroatoms. The van der Waals surface area contributed by atoms with E-state index in [0.717, 1.165) is 6.42 Å². The number of hydrogen-bond acceptors (Lipinski definition) is 5. The van der Waals surface area contributed by atoms with Gasteiger partial charge in [0.1, 0.15) is 6.10 Å². The lowest BCUT2D eigenvalue weighted by atomic mass is 10.1. The van der Waals surface area contributed by atoms with Gasteiger partial charge in [0.05, 0.1) is 4.92 Å². The van der Waals surface area contributed by atoms with Crippen molar-refractivity contribution in [3.05, 3.63) is 63.7 Å². The Balaban J connectivity index is 1.64. The SMILES string of the molecule is Cc1ccc(C(=O)Nc2ccc(NC(=O)[C@H]3CCCO3)cc2)cc1[N+](=O)[O-]. The third kappa shape index (κ3) is 4.48. The number of carbonyl (C=O) groups is 2. The Labute approximate surface area is 155 Å². The number of nitro groups is 1. The van der Waals surface area contributed by atoms with Crippen molar-refractivity contribution in [3.8, 4) is 0 Å². The number of benzene rings is 2. The van der Waals surface area contributed by atoms with Gasteiger partial charge in [-0.1, -0.05) is 6.07 Å². The first-order chi connectivity index (χ1) is 12.9. The molecule has 1 fully saturated rings. The van der Waals surface area contributed by atoms with E-state index in [1.54, 1.807) is 31.2 Å². The molecule has 2 aromatic rings. The second-order valence-corrected chi connectivity index (χ2v) is 6.28. The zero-order chi connectivity index (χ0) is 19.4. The van der Waals surface area contributed by atoms with E-state index in [4.69, 9.17) is 4.74 Å². The number of nitrogens with zero attached hydrogens (tertiary/aromatic N) is 1. The Bertz CT molecular complexity index is 873. The van der Waals surface area contributed by atoms with Crippen molar-refractivity contribution < 1.29 is 19.2 Å². The molecule has 2 amide bonds. The Morgan fingerprint density at radius 2 is 1.78 bits per heavy atom. The van der Waals surface area contributed by atoms with Gasteiger partial charge in [0, 0.05) is 35.2 Å². The van der Waals surface area contributed by atoms with E-state index < -0.39 is 16.9 Å². The van der Waals surface area contributed by atoms with Gasteiger partial charge in [-0.25, -0.2) is 0 Å². The maximum Gasteiger partial charge on any atom is 0.273 e. The van der Waals surface area contributed by atoms with Crippen molar-refractivity contribution in [1.29, 1.82) is 0 Å². The molecule has 0 aliphatic carbocycles. The molecule has 3 rings (SSSR count). The molecule has 1 heterocycles. The molecule has 8 nitrogen and oxygen atoms in total. The molecule has 1 aliphatic heterocycles. The second kappa shape index (κ2) is 7.96. The molecule has 0 saturated carbocycles. The van der Waals surface area contributed by atoms with Gasteiger partial charge in [0.15, 0.2) is 0 Å². The molecule has 1 aliphatic rings. The summed E-state index contributed by atoms with van der Waals surface area (Å²) < 4.78 is 5.33. The van der Waals surface area contributed by atoms with E-state index in [0.29, 0.717) is 30.0 Å². The summed E-state index contributed by atoms with van der Waals surface area (Å²) in [6.45, 7) is 2.21. The summed E-state index contributed by atoms with van der Waals surface area (Å²) in [5.74, 6) is -0.634. The van der Waals surface area contributed by atoms with Crippen molar-refractivity contribution >= 4 is 28.9 Å². The molecule has 27 heavy (non-hydrogen) atoms. The van der Waals surface area contributed by atoms with Gasteiger partial charge >= 0.3 is 0 Å². The Kier molecular flexibility index (Phi) is 5.46. The summed E-state index contributed by atoms with van der Waals surface area (Å²) in [6.07, 6.45) is 1.17. The first-order valence-corrected chi connectivity index (χ1v) is 8.53. The highest BCUT2D eigenvalue weighted by Crippen LogP contribution is 2.21. The van der Waals surface area contributed by atoms with Crippen LogP contribution in [-0.2, 0) is 9.53 Å². The zero-order valence-corrected chi connectivity index (χ0v) is 14.7. The van der Waals surface area contributed by atoms with Gasteiger partial charge in [0.2, 0.25) is 0 Å². The highest BCUT2D eigenvalue weighted by Gasteiger charge is 2.23. The van der Waals surface area contributed by atoms with Gasteiger partial charge in [-0.05, 0) is 50.1 Å². The maximum atomic E-state index is 12.3. The van der Waals surface area contributed by atoms with Crippen molar-refractivity contribution in [1.82, 2.24) is 0 Å². The normalized spacial score (nSPS) is 16.0. The van der Waals surface area contributed by atoms with Crippen LogP contribution in [0.4, 0.5) is 17.1 Å². The third-order valence-corrected chi connectivity index (χ3v) is 4.30. The lowest BCUT2D eigenvalue weighted by Crippen LogP contribution is -2.26. The van der Waals surface area contributed by atoms with Gasteiger partial charge in [-0.3, -0.25) is 19.7 Å². The lowest BCUT2D eigenvalue weighted by molar-refractivity contribution is -0.385. The fraction of sp³-hybridized carbons (Fsp3) is 0.263. The van der Waals surface area contributed by atoms with Crippen LogP contribution in [0.15, 0.2) is 42.5 Å². The number of ether oxygens (including phenoxy) is 1. The van der Waals surface area contributed by atoms with E-state index in [1.165, 1.54) is 18.2 Å². The number of carbonyl (C=O) groups excluding carboxylic acids is 2. The third-order valence-electron chi connectivity index (χ3n) is 4.30. The van der Waals surface area contributed by atoms with Gasteiger partial charge in [-0.15, -0.1) is 0 Å². The summed E-state index contributed by atoms with van der Waals surface area (Å²) in [4.78, 5) is 34.8. The Hall–Kier alpha value is -3.26. The summed E-state index contributed by atoms with van der Waals surface area (Å²) in [5.41, 5.74) is 1.69. The second-order valence-electron chi connectivity index (χ2n) is 6.28. The lowest BCUT2D eigenvalue weighted by Gasteiger charge is -2.11. The molecule has 0 aromatic heterocycles. The van der Waals surface area contributed by atoms with Crippen LogP contribution in [0.25, 0.3) is 0 Å². The summed E-state index contributed by atoms with van der Waals surface area (Å²) in [7, 11) is 0. The first-order valence-electron chi connectivity index (χ1n) is 8.53. The van der Waals surface area contributed by atoms with Crippen LogP contribution in [0.5, 0.6) is 0 Å². The molecule has 0 bridgehead atoms. The fourth-order valence-corrected chi connectivity index (χ4v) is 2.79. The average molecular weight is 369 g/mol. The van der Waals surface area contributed by atoms with E-state index in [2.05, 4.69) is 10.6 Å². The average Bonchev–Trinajstić information content (AvgIpc) is 3.18. The van der Waals surface area contributed by atoms with Gasteiger partial charge in [-0.2, -0.15) is 0 Å². The molecule has 0 spiro atoms. The monoisotopic (exact) mass is 369 g/mol. The minimum atomic E-state index is -0.516. The van der Waals surface area contributed by atoms with Crippen LogP contribution in [-0.4, -0.2) is 29.4 Å². The summed E-state index contributed by atoms with van der Waals surface area (Å²) in [6, 6.07) is 10.9. The van der Waals surface area contributed by atoms with Crippen LogP contribution in [0.1, 0.15) is 28.8 Å². The molecular formula is C19H19N3O5. The fourth-order valence-electron chi connectivity index (χ4n) is 2.79. The number of anilines is 2. The molecule has 0 radical (unpaired) electrons. The minimum Gasteiger partial charge on any atom is -0.368 e. The molecule has 0 unspecified atom stereocenters. The highest BCUT2D eigenvalue weighted by molar-refractivity contribution is 6.05.